The van der Waals surface area contributed by atoms with Gasteiger partial charge in [0.1, 0.15) is 24.6 Å². The number of fused-ring (bicyclic) bond motifs is 3. The highest BCUT2D eigenvalue weighted by atomic mass is 16.5. The maximum atomic E-state index is 12.2. The molecule has 6 nitrogen and oxygen atoms in total. The maximum absolute atomic E-state index is 12.2. The average Bonchev–Trinajstić information content (AvgIpc) is 3.29. The summed E-state index contributed by atoms with van der Waals surface area (Å²) in [4.78, 5) is 26.9. The topological polar surface area (TPSA) is 81.4 Å². The van der Waals surface area contributed by atoms with Gasteiger partial charge in [-0.1, -0.05) is 48.5 Å². The quantitative estimate of drug-likeness (QED) is 0.692. The summed E-state index contributed by atoms with van der Waals surface area (Å²) in [6.07, 6.45) is 1.28. The Hall–Kier alpha value is -3.41. The van der Waals surface area contributed by atoms with Crippen LogP contribution in [0.4, 0.5) is 4.79 Å². The number of amides is 1. The number of aldehydes is 1. The highest BCUT2D eigenvalue weighted by Gasteiger charge is 2.29. The van der Waals surface area contributed by atoms with Gasteiger partial charge in [-0.15, -0.1) is 0 Å². The van der Waals surface area contributed by atoms with Crippen molar-refractivity contribution in [2.45, 2.75) is 18.9 Å². The molecule has 1 amide bonds. The van der Waals surface area contributed by atoms with Gasteiger partial charge in [-0.05, 0) is 29.2 Å². The van der Waals surface area contributed by atoms with Crippen LogP contribution >= 0.6 is 0 Å². The minimum absolute atomic E-state index is 0.00172. The molecule has 0 saturated carbocycles. The molecular weight excluding hydrogens is 344 g/mol. The molecule has 1 aromatic heterocycles. The van der Waals surface area contributed by atoms with Crippen LogP contribution in [-0.4, -0.2) is 24.0 Å². The first-order chi connectivity index (χ1) is 13.2. The molecule has 3 aromatic rings. The molecule has 6 heteroatoms. The first-order valence-corrected chi connectivity index (χ1v) is 8.69. The fourth-order valence-corrected chi connectivity index (χ4v) is 3.43. The van der Waals surface area contributed by atoms with E-state index in [0.29, 0.717) is 6.29 Å². The number of rotatable bonds is 5. The molecule has 0 saturated heterocycles. The van der Waals surface area contributed by atoms with Crippen LogP contribution in [0.2, 0.25) is 0 Å². The maximum Gasteiger partial charge on any atom is 0.407 e. The Labute approximate surface area is 156 Å². The number of carbonyl (C=O) groups is 2. The summed E-state index contributed by atoms with van der Waals surface area (Å²) < 4.78 is 10.7. The summed E-state index contributed by atoms with van der Waals surface area (Å²) in [6, 6.07) is 15.8. The van der Waals surface area contributed by atoms with E-state index in [1.807, 2.05) is 24.3 Å². The Kier molecular flexibility index (Phi) is 4.46. The number of hydrogen-bond donors (Lipinski definition) is 1. The number of alkyl carbamates (subject to hydrolysis) is 1. The third kappa shape index (κ3) is 3.21. The highest BCUT2D eigenvalue weighted by molar-refractivity contribution is 5.79. The number of ether oxygens (including phenoxy) is 1. The van der Waals surface area contributed by atoms with Crippen molar-refractivity contribution in [2.24, 2.45) is 0 Å². The molecule has 0 radical (unpaired) electrons. The van der Waals surface area contributed by atoms with Crippen molar-refractivity contribution in [1.82, 2.24) is 10.3 Å². The summed E-state index contributed by atoms with van der Waals surface area (Å²) >= 11 is 0. The minimum Gasteiger partial charge on any atom is -0.449 e. The van der Waals surface area contributed by atoms with Gasteiger partial charge >= 0.3 is 6.09 Å². The molecule has 4 rings (SSSR count). The van der Waals surface area contributed by atoms with Crippen LogP contribution < -0.4 is 5.32 Å². The van der Waals surface area contributed by atoms with Gasteiger partial charge < -0.3 is 14.5 Å². The Morgan fingerprint density at radius 3 is 2.41 bits per heavy atom. The van der Waals surface area contributed by atoms with Gasteiger partial charge in [-0.25, -0.2) is 9.78 Å². The molecule has 1 N–H and O–H groups in total. The van der Waals surface area contributed by atoms with Crippen molar-refractivity contribution < 1.29 is 18.7 Å². The molecule has 0 spiro atoms. The predicted molar refractivity (Wildman–Crippen MR) is 98.5 cm³/mol. The zero-order valence-electron chi connectivity index (χ0n) is 14.7. The van der Waals surface area contributed by atoms with Gasteiger partial charge in [0.05, 0.1) is 0 Å². The number of nitrogens with one attached hydrogen (secondary N) is 1. The molecule has 0 aliphatic heterocycles. The number of oxazole rings is 1. The number of hydrogen-bond acceptors (Lipinski definition) is 5. The van der Waals surface area contributed by atoms with E-state index in [1.54, 1.807) is 6.92 Å². The standard InChI is InChI=1S/C21H18N2O4/c1-13(20-23-14(10-24)11-26-20)22-21(25)27-12-19-17-8-4-2-6-15(17)16-7-3-5-9-18(16)19/h2-11,13,19H,12H2,1H3,(H,22,25)/t13-/m1/s1. The molecule has 0 fully saturated rings. The van der Waals surface area contributed by atoms with E-state index in [0.717, 1.165) is 11.1 Å². The molecule has 0 bridgehead atoms. The summed E-state index contributed by atoms with van der Waals surface area (Å²) in [5.74, 6) is 0.257. The van der Waals surface area contributed by atoms with E-state index < -0.39 is 12.1 Å². The minimum atomic E-state index is -0.560. The van der Waals surface area contributed by atoms with Gasteiger partial charge in [0.2, 0.25) is 5.89 Å². The number of carbonyl (C=O) groups excluding carboxylic acids is 2. The van der Waals surface area contributed by atoms with Crippen LogP contribution in [0.15, 0.2) is 59.2 Å². The molecule has 0 unspecified atom stereocenters. The first kappa shape index (κ1) is 17.0. The zero-order valence-corrected chi connectivity index (χ0v) is 14.7. The van der Waals surface area contributed by atoms with Crippen molar-refractivity contribution >= 4 is 12.4 Å². The average molecular weight is 362 g/mol. The normalized spacial score (nSPS) is 13.5. The van der Waals surface area contributed by atoms with E-state index in [1.165, 1.54) is 17.4 Å². The second-order valence-corrected chi connectivity index (χ2v) is 6.42. The fourth-order valence-electron chi connectivity index (χ4n) is 3.43. The van der Waals surface area contributed by atoms with Gasteiger partial charge in [0.25, 0.3) is 0 Å². The van der Waals surface area contributed by atoms with Gasteiger partial charge in [-0.3, -0.25) is 4.79 Å². The monoisotopic (exact) mass is 362 g/mol. The van der Waals surface area contributed by atoms with E-state index in [-0.39, 0.29) is 24.1 Å². The Morgan fingerprint density at radius 2 is 1.81 bits per heavy atom. The van der Waals surface area contributed by atoms with Crippen molar-refractivity contribution in [1.29, 1.82) is 0 Å². The summed E-state index contributed by atoms with van der Waals surface area (Å²) in [5.41, 5.74) is 4.85. The van der Waals surface area contributed by atoms with Crippen LogP contribution in [0, 0.1) is 0 Å². The Bertz CT molecular complexity index is 950. The van der Waals surface area contributed by atoms with Crippen molar-refractivity contribution in [3.8, 4) is 11.1 Å². The summed E-state index contributed by atoms with van der Waals surface area (Å²) in [7, 11) is 0. The molecule has 1 aliphatic carbocycles. The van der Waals surface area contributed by atoms with E-state index in [2.05, 4.69) is 34.6 Å². The lowest BCUT2D eigenvalue weighted by Gasteiger charge is -2.16. The van der Waals surface area contributed by atoms with Crippen LogP contribution in [-0.2, 0) is 4.74 Å². The van der Waals surface area contributed by atoms with Crippen molar-refractivity contribution in [3.05, 3.63) is 77.5 Å². The van der Waals surface area contributed by atoms with Gasteiger partial charge in [-0.2, -0.15) is 0 Å². The van der Waals surface area contributed by atoms with Crippen LogP contribution in [0.25, 0.3) is 11.1 Å². The molecule has 27 heavy (non-hydrogen) atoms. The molecule has 1 atom stereocenters. The van der Waals surface area contributed by atoms with Gasteiger partial charge in [0.15, 0.2) is 6.29 Å². The third-order valence-corrected chi connectivity index (χ3v) is 4.71. The Balaban J connectivity index is 1.44. The molecule has 136 valence electrons. The molecule has 1 heterocycles. The predicted octanol–water partition coefficient (Wildman–Crippen LogP) is 4.09. The number of aromatic nitrogens is 1. The largest absolute Gasteiger partial charge is 0.449 e. The highest BCUT2D eigenvalue weighted by Crippen LogP contribution is 2.44. The lowest BCUT2D eigenvalue weighted by atomic mass is 9.98. The molecule has 1 aliphatic rings. The van der Waals surface area contributed by atoms with Crippen LogP contribution in [0.1, 0.15) is 46.4 Å². The van der Waals surface area contributed by atoms with Crippen molar-refractivity contribution in [3.63, 3.8) is 0 Å². The van der Waals surface area contributed by atoms with E-state index in [4.69, 9.17) is 9.15 Å². The fraction of sp³-hybridized carbons (Fsp3) is 0.190. The van der Waals surface area contributed by atoms with E-state index in [9.17, 15) is 9.59 Å². The lowest BCUT2D eigenvalue weighted by Crippen LogP contribution is -2.29. The SMILES string of the molecule is C[C@@H](NC(=O)OCC1c2ccccc2-c2ccccc21)c1nc(C=O)co1. The zero-order chi connectivity index (χ0) is 18.8. The second kappa shape index (κ2) is 7.07. The lowest BCUT2D eigenvalue weighted by molar-refractivity contribution is 0.111. The summed E-state index contributed by atoms with van der Waals surface area (Å²) in [6.45, 7) is 1.94. The van der Waals surface area contributed by atoms with Gasteiger partial charge in [0, 0.05) is 5.92 Å². The van der Waals surface area contributed by atoms with Crippen molar-refractivity contribution in [2.75, 3.05) is 6.61 Å². The summed E-state index contributed by atoms with van der Waals surface area (Å²) in [5, 5.41) is 2.67. The van der Waals surface area contributed by atoms with Crippen LogP contribution in [0.3, 0.4) is 0 Å². The van der Waals surface area contributed by atoms with E-state index >= 15 is 0 Å². The first-order valence-electron chi connectivity index (χ1n) is 8.69. The molecular formula is C21H18N2O4. The number of benzene rings is 2. The third-order valence-electron chi connectivity index (χ3n) is 4.71. The molecule has 2 aromatic carbocycles. The smallest absolute Gasteiger partial charge is 0.407 e. The number of nitrogens with zero attached hydrogens (tertiary/aromatic N) is 1. The Morgan fingerprint density at radius 1 is 1.19 bits per heavy atom. The second-order valence-electron chi connectivity index (χ2n) is 6.42. The van der Waals surface area contributed by atoms with Crippen LogP contribution in [0.5, 0.6) is 0 Å².